The van der Waals surface area contributed by atoms with Crippen molar-refractivity contribution in [3.05, 3.63) is 78.5 Å². The molecule has 0 atom stereocenters. The highest BCUT2D eigenvalue weighted by atomic mass is 16.5. The molecule has 110 valence electrons. The molecule has 3 rings (SSSR count). The molecule has 0 aliphatic heterocycles. The number of methoxy groups -OCH3 is 1. The Labute approximate surface area is 130 Å². The first-order valence-electron chi connectivity index (χ1n) is 7.23. The van der Waals surface area contributed by atoms with E-state index in [1.165, 1.54) is 11.1 Å². The van der Waals surface area contributed by atoms with E-state index in [1.807, 2.05) is 54.7 Å². The minimum absolute atomic E-state index is 0.738. The number of nitrogens with zero attached hydrogens (tertiary/aromatic N) is 1. The highest BCUT2D eigenvalue weighted by Crippen LogP contribution is 2.19. The van der Waals surface area contributed by atoms with Crippen molar-refractivity contribution in [3.63, 3.8) is 0 Å². The third-order valence-corrected chi connectivity index (χ3v) is 3.50. The summed E-state index contributed by atoms with van der Waals surface area (Å²) in [6.45, 7) is 0.738. The molecule has 0 unspecified atom stereocenters. The predicted molar refractivity (Wildman–Crippen MR) is 90.0 cm³/mol. The fraction of sp³-hybridized carbons (Fsp3) is 0.105. The van der Waals surface area contributed by atoms with Crippen LogP contribution in [0.25, 0.3) is 11.1 Å². The van der Waals surface area contributed by atoms with Crippen molar-refractivity contribution in [3.8, 4) is 16.9 Å². The monoisotopic (exact) mass is 290 g/mol. The van der Waals surface area contributed by atoms with Gasteiger partial charge in [-0.25, -0.2) is 4.98 Å². The van der Waals surface area contributed by atoms with Gasteiger partial charge in [-0.05, 0) is 35.4 Å². The maximum Gasteiger partial charge on any atom is 0.126 e. The van der Waals surface area contributed by atoms with Gasteiger partial charge in [0.05, 0.1) is 7.11 Å². The average molecular weight is 290 g/mol. The number of rotatable bonds is 5. The molecule has 3 nitrogen and oxygen atoms in total. The van der Waals surface area contributed by atoms with Crippen LogP contribution in [-0.4, -0.2) is 12.1 Å². The predicted octanol–water partition coefficient (Wildman–Crippen LogP) is 4.37. The molecule has 0 radical (unpaired) electrons. The second kappa shape index (κ2) is 6.76. The van der Waals surface area contributed by atoms with E-state index < -0.39 is 0 Å². The number of benzene rings is 2. The van der Waals surface area contributed by atoms with E-state index in [-0.39, 0.29) is 0 Å². The molecule has 0 aliphatic carbocycles. The van der Waals surface area contributed by atoms with Crippen molar-refractivity contribution in [1.82, 2.24) is 4.98 Å². The lowest BCUT2D eigenvalue weighted by Gasteiger charge is -2.07. The summed E-state index contributed by atoms with van der Waals surface area (Å²) in [6.07, 6.45) is 1.89. The summed E-state index contributed by atoms with van der Waals surface area (Å²) in [7, 11) is 1.67. The van der Waals surface area contributed by atoms with Crippen molar-refractivity contribution < 1.29 is 4.74 Å². The molecule has 0 spiro atoms. The van der Waals surface area contributed by atoms with E-state index in [9.17, 15) is 0 Å². The molecule has 3 aromatic rings. The summed E-state index contributed by atoms with van der Waals surface area (Å²) in [5, 5.41) is 3.33. The van der Waals surface area contributed by atoms with Crippen LogP contribution >= 0.6 is 0 Å². The molecule has 0 amide bonds. The zero-order valence-corrected chi connectivity index (χ0v) is 12.5. The number of nitrogens with one attached hydrogen (secondary N) is 1. The van der Waals surface area contributed by atoms with Crippen molar-refractivity contribution in [2.75, 3.05) is 12.4 Å². The Morgan fingerprint density at radius 3 is 2.27 bits per heavy atom. The van der Waals surface area contributed by atoms with Crippen LogP contribution in [0.5, 0.6) is 5.75 Å². The molecule has 3 heteroatoms. The normalized spacial score (nSPS) is 10.2. The van der Waals surface area contributed by atoms with Gasteiger partial charge in [0.2, 0.25) is 0 Å². The lowest BCUT2D eigenvalue weighted by atomic mass is 10.1. The Bertz CT molecular complexity index is 707. The summed E-state index contributed by atoms with van der Waals surface area (Å²) < 4.78 is 5.15. The smallest absolute Gasteiger partial charge is 0.126 e. The van der Waals surface area contributed by atoms with Gasteiger partial charge >= 0.3 is 0 Å². The summed E-state index contributed by atoms with van der Waals surface area (Å²) >= 11 is 0. The summed E-state index contributed by atoms with van der Waals surface area (Å²) in [5.74, 6) is 1.74. The van der Waals surface area contributed by atoms with Gasteiger partial charge < -0.3 is 10.1 Å². The Morgan fingerprint density at radius 2 is 1.64 bits per heavy atom. The molecule has 1 aromatic heterocycles. The minimum Gasteiger partial charge on any atom is -0.497 e. The highest BCUT2D eigenvalue weighted by molar-refractivity contribution is 5.63. The third kappa shape index (κ3) is 3.44. The van der Waals surface area contributed by atoms with Gasteiger partial charge in [0, 0.05) is 18.3 Å². The maximum absolute atomic E-state index is 5.15. The number of ether oxygens (including phenoxy) is 1. The standard InChI is InChI=1S/C19H18N2O/c1-22-18-10-7-15(8-11-18)13-20-19-12-9-17(14-21-19)16-5-3-2-4-6-16/h2-12,14H,13H2,1H3,(H,20,21). The van der Waals surface area contributed by atoms with Crippen molar-refractivity contribution in [2.45, 2.75) is 6.54 Å². The summed E-state index contributed by atoms with van der Waals surface area (Å²) in [5.41, 5.74) is 3.49. The Hall–Kier alpha value is -2.81. The maximum atomic E-state index is 5.15. The molecule has 2 aromatic carbocycles. The number of aromatic nitrogens is 1. The fourth-order valence-corrected chi connectivity index (χ4v) is 2.24. The Balaban J connectivity index is 1.63. The Kier molecular flexibility index (Phi) is 4.35. The molecule has 1 N–H and O–H groups in total. The summed E-state index contributed by atoms with van der Waals surface area (Å²) in [4.78, 5) is 4.47. The highest BCUT2D eigenvalue weighted by Gasteiger charge is 1.99. The number of hydrogen-bond donors (Lipinski definition) is 1. The molecule has 1 heterocycles. The van der Waals surface area contributed by atoms with E-state index in [2.05, 4.69) is 28.5 Å². The first-order chi connectivity index (χ1) is 10.8. The van der Waals surface area contributed by atoms with Gasteiger partial charge in [-0.3, -0.25) is 0 Å². The SMILES string of the molecule is COc1ccc(CNc2ccc(-c3ccccc3)cn2)cc1. The van der Waals surface area contributed by atoms with Crippen molar-refractivity contribution in [2.24, 2.45) is 0 Å². The van der Waals surface area contributed by atoms with Crippen LogP contribution in [0.2, 0.25) is 0 Å². The zero-order valence-electron chi connectivity index (χ0n) is 12.5. The van der Waals surface area contributed by atoms with Gasteiger partial charge in [-0.2, -0.15) is 0 Å². The average Bonchev–Trinajstić information content (AvgIpc) is 2.61. The van der Waals surface area contributed by atoms with Gasteiger partial charge in [-0.15, -0.1) is 0 Å². The van der Waals surface area contributed by atoms with Crippen molar-refractivity contribution in [1.29, 1.82) is 0 Å². The molecular formula is C19H18N2O. The summed E-state index contributed by atoms with van der Waals surface area (Å²) in [6, 6.07) is 22.4. The minimum atomic E-state index is 0.738. The van der Waals surface area contributed by atoms with Gasteiger partial charge in [0.15, 0.2) is 0 Å². The van der Waals surface area contributed by atoms with Crippen LogP contribution in [0.4, 0.5) is 5.82 Å². The van der Waals surface area contributed by atoms with E-state index in [1.54, 1.807) is 7.11 Å². The molecule has 22 heavy (non-hydrogen) atoms. The lowest BCUT2D eigenvalue weighted by molar-refractivity contribution is 0.414. The first-order valence-corrected chi connectivity index (χ1v) is 7.23. The molecule has 0 fully saturated rings. The van der Waals surface area contributed by atoms with E-state index in [4.69, 9.17) is 4.74 Å². The molecule has 0 bridgehead atoms. The molecule has 0 saturated carbocycles. The molecular weight excluding hydrogens is 272 g/mol. The van der Waals surface area contributed by atoms with E-state index in [0.29, 0.717) is 0 Å². The number of anilines is 1. The van der Waals surface area contributed by atoms with Crippen LogP contribution in [0, 0.1) is 0 Å². The largest absolute Gasteiger partial charge is 0.497 e. The van der Waals surface area contributed by atoms with Crippen LogP contribution in [0.15, 0.2) is 72.9 Å². The molecule has 0 aliphatic rings. The fourth-order valence-electron chi connectivity index (χ4n) is 2.24. The van der Waals surface area contributed by atoms with E-state index in [0.717, 1.165) is 23.7 Å². The number of hydrogen-bond acceptors (Lipinski definition) is 3. The van der Waals surface area contributed by atoms with Crippen molar-refractivity contribution >= 4 is 5.82 Å². The second-order valence-electron chi connectivity index (χ2n) is 5.00. The molecule has 0 saturated heterocycles. The van der Waals surface area contributed by atoms with Gasteiger partial charge in [-0.1, -0.05) is 42.5 Å². The lowest BCUT2D eigenvalue weighted by Crippen LogP contribution is -2.01. The first kappa shape index (κ1) is 14.1. The van der Waals surface area contributed by atoms with Gasteiger partial charge in [0.1, 0.15) is 11.6 Å². The zero-order chi connectivity index (χ0) is 15.2. The second-order valence-corrected chi connectivity index (χ2v) is 5.00. The van der Waals surface area contributed by atoms with Crippen LogP contribution < -0.4 is 10.1 Å². The third-order valence-electron chi connectivity index (χ3n) is 3.50. The van der Waals surface area contributed by atoms with Gasteiger partial charge in [0.25, 0.3) is 0 Å². The van der Waals surface area contributed by atoms with Crippen LogP contribution in [0.3, 0.4) is 0 Å². The topological polar surface area (TPSA) is 34.1 Å². The van der Waals surface area contributed by atoms with Crippen LogP contribution in [0.1, 0.15) is 5.56 Å². The Morgan fingerprint density at radius 1 is 0.864 bits per heavy atom. The van der Waals surface area contributed by atoms with E-state index >= 15 is 0 Å². The number of pyridine rings is 1. The quantitative estimate of drug-likeness (QED) is 0.757. The van der Waals surface area contributed by atoms with Crippen LogP contribution in [-0.2, 0) is 6.54 Å².